The van der Waals surface area contributed by atoms with Crippen LogP contribution in [0.4, 0.5) is 18.9 Å². The number of benzene rings is 1. The minimum absolute atomic E-state index is 0.0453. The Labute approximate surface area is 163 Å². The van der Waals surface area contributed by atoms with Gasteiger partial charge in [0.05, 0.1) is 29.8 Å². The lowest BCUT2D eigenvalue weighted by molar-refractivity contribution is -0.137. The Kier molecular flexibility index (Phi) is 6.15. The molecule has 0 unspecified atom stereocenters. The molecule has 3 aromatic rings. The van der Waals surface area contributed by atoms with Crippen molar-refractivity contribution >= 4 is 22.9 Å². The van der Waals surface area contributed by atoms with Gasteiger partial charge in [-0.05, 0) is 30.8 Å². The van der Waals surface area contributed by atoms with Crippen LogP contribution in [0, 0.1) is 0 Å². The minimum atomic E-state index is -4.53. The van der Waals surface area contributed by atoms with E-state index in [0.717, 1.165) is 16.8 Å². The number of rotatable bonds is 7. The average molecular weight is 409 g/mol. The highest BCUT2D eigenvalue weighted by molar-refractivity contribution is 7.13. The molecule has 1 aromatic carbocycles. The van der Waals surface area contributed by atoms with Crippen LogP contribution in [0.25, 0.3) is 10.8 Å². The summed E-state index contributed by atoms with van der Waals surface area (Å²) in [6.07, 6.45) is -2.96. The SMILES string of the molecule is CCN(CC(=O)Nc1ccccc1C(F)(F)F)Cc1csc(-c2ccco2)n1. The molecule has 0 aliphatic heterocycles. The molecular weight excluding hydrogens is 391 g/mol. The molecule has 2 heterocycles. The van der Waals surface area contributed by atoms with Crippen LogP contribution in [0.1, 0.15) is 18.2 Å². The van der Waals surface area contributed by atoms with E-state index in [1.807, 2.05) is 18.4 Å². The van der Waals surface area contributed by atoms with E-state index in [1.165, 1.54) is 29.5 Å². The number of carbonyl (C=O) groups is 1. The van der Waals surface area contributed by atoms with Crippen LogP contribution in [-0.2, 0) is 17.5 Å². The number of hydrogen-bond acceptors (Lipinski definition) is 5. The fraction of sp³-hybridized carbons (Fsp3) is 0.263. The van der Waals surface area contributed by atoms with E-state index >= 15 is 0 Å². The number of carbonyl (C=O) groups excluding carboxylic acids is 1. The van der Waals surface area contributed by atoms with Crippen LogP contribution in [0.3, 0.4) is 0 Å². The zero-order valence-corrected chi connectivity index (χ0v) is 15.8. The Morgan fingerprint density at radius 2 is 2.04 bits per heavy atom. The van der Waals surface area contributed by atoms with Crippen molar-refractivity contribution in [3.8, 4) is 10.8 Å². The summed E-state index contributed by atoms with van der Waals surface area (Å²) in [7, 11) is 0. The number of nitrogens with zero attached hydrogens (tertiary/aromatic N) is 2. The summed E-state index contributed by atoms with van der Waals surface area (Å²) in [6, 6.07) is 8.51. The zero-order valence-electron chi connectivity index (χ0n) is 15.0. The monoisotopic (exact) mass is 409 g/mol. The first kappa shape index (κ1) is 20.1. The Morgan fingerprint density at radius 3 is 2.71 bits per heavy atom. The second-order valence-electron chi connectivity index (χ2n) is 6.02. The fourth-order valence-corrected chi connectivity index (χ4v) is 3.41. The number of hydrogen-bond donors (Lipinski definition) is 1. The Hall–Kier alpha value is -2.65. The summed E-state index contributed by atoms with van der Waals surface area (Å²) in [5.41, 5.74) is -0.347. The molecule has 0 spiro atoms. The van der Waals surface area contributed by atoms with Gasteiger partial charge in [0, 0.05) is 11.9 Å². The predicted octanol–water partition coefficient (Wildman–Crippen LogP) is 4.88. The molecule has 0 atom stereocenters. The van der Waals surface area contributed by atoms with Crippen molar-refractivity contribution in [2.45, 2.75) is 19.6 Å². The molecule has 1 amide bonds. The van der Waals surface area contributed by atoms with Gasteiger partial charge in [-0.15, -0.1) is 11.3 Å². The third-order valence-electron chi connectivity index (χ3n) is 3.99. The number of furan rings is 1. The third-order valence-corrected chi connectivity index (χ3v) is 4.90. The number of alkyl halides is 3. The molecule has 9 heteroatoms. The zero-order chi connectivity index (χ0) is 20.1. The van der Waals surface area contributed by atoms with E-state index in [1.54, 1.807) is 17.2 Å². The van der Waals surface area contributed by atoms with Crippen molar-refractivity contribution in [3.63, 3.8) is 0 Å². The van der Waals surface area contributed by atoms with Gasteiger partial charge in [0.15, 0.2) is 10.8 Å². The predicted molar refractivity (Wildman–Crippen MR) is 101 cm³/mol. The molecular formula is C19H18F3N3O2S. The largest absolute Gasteiger partial charge is 0.462 e. The van der Waals surface area contributed by atoms with Gasteiger partial charge in [-0.1, -0.05) is 19.1 Å². The number of aromatic nitrogens is 1. The van der Waals surface area contributed by atoms with Crippen molar-refractivity contribution in [1.82, 2.24) is 9.88 Å². The second kappa shape index (κ2) is 8.57. The van der Waals surface area contributed by atoms with Gasteiger partial charge in [0.25, 0.3) is 0 Å². The average Bonchev–Trinajstić information content (AvgIpc) is 3.32. The molecule has 2 aromatic heterocycles. The molecule has 0 aliphatic rings. The molecule has 0 saturated heterocycles. The lowest BCUT2D eigenvalue weighted by Gasteiger charge is -2.19. The van der Waals surface area contributed by atoms with E-state index in [9.17, 15) is 18.0 Å². The first-order valence-electron chi connectivity index (χ1n) is 8.53. The van der Waals surface area contributed by atoms with Crippen molar-refractivity contribution in [1.29, 1.82) is 0 Å². The van der Waals surface area contributed by atoms with Gasteiger partial charge in [-0.25, -0.2) is 4.98 Å². The maximum atomic E-state index is 13.1. The summed E-state index contributed by atoms with van der Waals surface area (Å²) in [4.78, 5) is 18.6. The number of thiazole rings is 1. The third kappa shape index (κ3) is 4.99. The van der Waals surface area contributed by atoms with Gasteiger partial charge >= 0.3 is 6.18 Å². The van der Waals surface area contributed by atoms with Gasteiger partial charge in [-0.2, -0.15) is 13.2 Å². The highest BCUT2D eigenvalue weighted by Gasteiger charge is 2.33. The van der Waals surface area contributed by atoms with E-state index in [4.69, 9.17) is 4.42 Å². The number of amides is 1. The summed E-state index contributed by atoms with van der Waals surface area (Å²) in [6.45, 7) is 2.77. The first-order valence-corrected chi connectivity index (χ1v) is 9.41. The lowest BCUT2D eigenvalue weighted by atomic mass is 10.1. The van der Waals surface area contributed by atoms with E-state index in [0.29, 0.717) is 18.8 Å². The van der Waals surface area contributed by atoms with Crippen LogP contribution in [0.5, 0.6) is 0 Å². The Morgan fingerprint density at radius 1 is 1.25 bits per heavy atom. The summed E-state index contributed by atoms with van der Waals surface area (Å²) < 4.78 is 44.5. The topological polar surface area (TPSA) is 58.4 Å². The van der Waals surface area contributed by atoms with Gasteiger partial charge in [0.2, 0.25) is 5.91 Å². The number of likely N-dealkylation sites (N-methyl/N-ethyl adjacent to an activating group) is 1. The molecule has 5 nitrogen and oxygen atoms in total. The quantitative estimate of drug-likeness (QED) is 0.604. The van der Waals surface area contributed by atoms with Gasteiger partial charge < -0.3 is 9.73 Å². The normalized spacial score (nSPS) is 11.8. The number of halogens is 3. The van der Waals surface area contributed by atoms with Gasteiger partial charge in [-0.3, -0.25) is 9.69 Å². The standard InChI is InChI=1S/C19H18F3N3O2S/c1-2-25(10-13-12-28-18(23-13)16-8-5-9-27-16)11-17(26)24-15-7-4-3-6-14(15)19(20,21)22/h3-9,12H,2,10-11H2,1H3,(H,24,26). The maximum absolute atomic E-state index is 13.1. The van der Waals surface area contributed by atoms with Crippen molar-refractivity contribution < 1.29 is 22.4 Å². The second-order valence-corrected chi connectivity index (χ2v) is 6.87. The highest BCUT2D eigenvalue weighted by Crippen LogP contribution is 2.34. The summed E-state index contributed by atoms with van der Waals surface area (Å²) >= 11 is 1.43. The fourth-order valence-electron chi connectivity index (χ4n) is 2.63. The van der Waals surface area contributed by atoms with Crippen molar-refractivity contribution in [2.24, 2.45) is 0 Å². The van der Waals surface area contributed by atoms with Crippen LogP contribution >= 0.6 is 11.3 Å². The molecule has 148 valence electrons. The lowest BCUT2D eigenvalue weighted by Crippen LogP contribution is -2.33. The molecule has 1 N–H and O–H groups in total. The number of anilines is 1. The minimum Gasteiger partial charge on any atom is -0.462 e. The molecule has 0 radical (unpaired) electrons. The maximum Gasteiger partial charge on any atom is 0.418 e. The number of para-hydroxylation sites is 1. The van der Waals surface area contributed by atoms with Crippen molar-refractivity contribution in [3.05, 3.63) is 59.3 Å². The number of nitrogens with one attached hydrogen (secondary N) is 1. The Balaban J connectivity index is 1.63. The summed E-state index contributed by atoms with van der Waals surface area (Å²) in [5.74, 6) is 0.154. The molecule has 0 saturated carbocycles. The van der Waals surface area contributed by atoms with Crippen molar-refractivity contribution in [2.75, 3.05) is 18.4 Å². The van der Waals surface area contributed by atoms with E-state index < -0.39 is 17.6 Å². The Bertz CT molecular complexity index is 923. The summed E-state index contributed by atoms with van der Waals surface area (Å²) in [5, 5.41) is 4.97. The first-order chi connectivity index (χ1) is 13.4. The molecule has 28 heavy (non-hydrogen) atoms. The van der Waals surface area contributed by atoms with Crippen LogP contribution in [-0.4, -0.2) is 28.9 Å². The van der Waals surface area contributed by atoms with Gasteiger partial charge in [0.1, 0.15) is 0 Å². The molecule has 0 aliphatic carbocycles. The van der Waals surface area contributed by atoms with Crippen LogP contribution in [0.15, 0.2) is 52.5 Å². The molecule has 0 bridgehead atoms. The van der Waals surface area contributed by atoms with E-state index in [-0.39, 0.29) is 12.2 Å². The smallest absolute Gasteiger partial charge is 0.418 e. The van der Waals surface area contributed by atoms with E-state index in [2.05, 4.69) is 10.3 Å². The van der Waals surface area contributed by atoms with Crippen LogP contribution < -0.4 is 5.32 Å². The molecule has 0 fully saturated rings. The molecule has 3 rings (SSSR count). The van der Waals surface area contributed by atoms with Crippen LogP contribution in [0.2, 0.25) is 0 Å². The highest BCUT2D eigenvalue weighted by atomic mass is 32.1.